The fourth-order valence-electron chi connectivity index (χ4n) is 2.45. The van der Waals surface area contributed by atoms with Crippen molar-refractivity contribution in [2.24, 2.45) is 0 Å². The van der Waals surface area contributed by atoms with Gasteiger partial charge in [0, 0.05) is 23.4 Å². The summed E-state index contributed by atoms with van der Waals surface area (Å²) >= 11 is 7.76. The van der Waals surface area contributed by atoms with Crippen LogP contribution in [0.2, 0.25) is 5.02 Å². The Hall–Kier alpha value is -1.72. The first kappa shape index (κ1) is 16.1. The van der Waals surface area contributed by atoms with Crippen molar-refractivity contribution in [2.45, 2.75) is 26.7 Å². The van der Waals surface area contributed by atoms with Crippen LogP contribution in [0, 0.1) is 6.92 Å². The van der Waals surface area contributed by atoms with E-state index in [1.165, 1.54) is 21.8 Å². The van der Waals surface area contributed by atoms with Crippen LogP contribution in [0.1, 0.15) is 33.5 Å². The maximum absolute atomic E-state index is 12.5. The molecule has 3 rings (SSSR count). The topological polar surface area (TPSA) is 47.6 Å². The Balaban J connectivity index is 1.84. The number of benzene rings is 1. The largest absolute Gasteiger partial charge is 0.490 e. The van der Waals surface area contributed by atoms with Gasteiger partial charge in [-0.15, -0.1) is 11.3 Å². The number of hydrogen-bond acceptors (Lipinski definition) is 4. The number of aryl methyl sites for hydroxylation is 2. The third-order valence-electron chi connectivity index (χ3n) is 3.71. The fraction of sp³-hybridized carbons (Fsp3) is 0.353. The maximum atomic E-state index is 12.5. The Morgan fingerprint density at radius 2 is 1.96 bits per heavy atom. The van der Waals surface area contributed by atoms with E-state index >= 15 is 0 Å². The van der Waals surface area contributed by atoms with Crippen molar-refractivity contribution in [1.29, 1.82) is 0 Å². The smallest absolute Gasteiger partial charge is 0.265 e. The van der Waals surface area contributed by atoms with Crippen molar-refractivity contribution in [3.63, 3.8) is 0 Å². The molecule has 0 aliphatic carbocycles. The Morgan fingerprint density at radius 1 is 1.26 bits per heavy atom. The Bertz CT molecular complexity index is 742. The van der Waals surface area contributed by atoms with E-state index in [4.69, 9.17) is 21.1 Å². The fourth-order valence-corrected chi connectivity index (χ4v) is 3.66. The van der Waals surface area contributed by atoms with Gasteiger partial charge in [0.2, 0.25) is 0 Å². The summed E-state index contributed by atoms with van der Waals surface area (Å²) in [6.45, 7) is 5.30. The van der Waals surface area contributed by atoms with Crippen molar-refractivity contribution in [2.75, 3.05) is 18.5 Å². The van der Waals surface area contributed by atoms with E-state index in [0.717, 1.165) is 12.8 Å². The minimum absolute atomic E-state index is 0.158. The molecule has 1 aromatic carbocycles. The molecule has 0 radical (unpaired) electrons. The number of anilines is 1. The van der Waals surface area contributed by atoms with Gasteiger partial charge in [-0.1, -0.05) is 18.5 Å². The molecule has 1 aliphatic heterocycles. The van der Waals surface area contributed by atoms with E-state index in [9.17, 15) is 4.79 Å². The van der Waals surface area contributed by atoms with Crippen LogP contribution in [0.25, 0.3) is 0 Å². The molecule has 1 aliphatic rings. The number of carbonyl (C=O) groups is 1. The van der Waals surface area contributed by atoms with Crippen molar-refractivity contribution >= 4 is 34.5 Å². The van der Waals surface area contributed by atoms with Gasteiger partial charge in [-0.05, 0) is 25.0 Å². The first-order chi connectivity index (χ1) is 11.1. The van der Waals surface area contributed by atoms with Gasteiger partial charge in [-0.2, -0.15) is 0 Å². The molecule has 122 valence electrons. The van der Waals surface area contributed by atoms with E-state index in [-0.39, 0.29) is 5.91 Å². The highest BCUT2D eigenvalue weighted by molar-refractivity contribution is 7.14. The van der Waals surface area contributed by atoms with E-state index in [0.29, 0.717) is 40.3 Å². The predicted octanol–water partition coefficient (Wildman–Crippen LogP) is 4.69. The molecule has 0 spiro atoms. The SMILES string of the molecule is CCc1cc(C(=O)Nc2cc3c(cc2Cl)OCCCO3)sc1C. The number of ether oxygens (including phenoxy) is 2. The molecular formula is C17H18ClNO3S. The summed E-state index contributed by atoms with van der Waals surface area (Å²) < 4.78 is 11.2. The molecule has 0 atom stereocenters. The molecule has 0 saturated carbocycles. The molecule has 2 aromatic rings. The standard InChI is InChI=1S/C17H18ClNO3S/c1-3-11-7-16(23-10(11)2)17(20)19-13-9-15-14(8-12(13)18)21-5-4-6-22-15/h7-9H,3-6H2,1-2H3,(H,19,20). The number of rotatable bonds is 3. The number of hydrogen-bond donors (Lipinski definition) is 1. The molecule has 23 heavy (non-hydrogen) atoms. The van der Waals surface area contributed by atoms with Crippen LogP contribution in [0.15, 0.2) is 18.2 Å². The summed E-state index contributed by atoms with van der Waals surface area (Å²) in [5, 5.41) is 3.30. The van der Waals surface area contributed by atoms with Crippen molar-refractivity contribution in [3.8, 4) is 11.5 Å². The minimum atomic E-state index is -0.158. The maximum Gasteiger partial charge on any atom is 0.265 e. The van der Waals surface area contributed by atoms with Gasteiger partial charge in [-0.3, -0.25) is 4.79 Å². The highest BCUT2D eigenvalue weighted by Gasteiger charge is 2.17. The zero-order chi connectivity index (χ0) is 16.4. The molecular weight excluding hydrogens is 334 g/mol. The summed E-state index contributed by atoms with van der Waals surface area (Å²) in [5.74, 6) is 1.07. The van der Waals surface area contributed by atoms with Crippen LogP contribution in [0.3, 0.4) is 0 Å². The minimum Gasteiger partial charge on any atom is -0.490 e. The van der Waals surface area contributed by atoms with Crippen LogP contribution < -0.4 is 14.8 Å². The molecule has 4 nitrogen and oxygen atoms in total. The summed E-state index contributed by atoms with van der Waals surface area (Å²) in [5.41, 5.74) is 1.73. The molecule has 0 unspecified atom stereocenters. The van der Waals surface area contributed by atoms with Gasteiger partial charge in [0.15, 0.2) is 11.5 Å². The lowest BCUT2D eigenvalue weighted by Crippen LogP contribution is -2.11. The third-order valence-corrected chi connectivity index (χ3v) is 5.11. The van der Waals surface area contributed by atoms with E-state index < -0.39 is 0 Å². The van der Waals surface area contributed by atoms with E-state index in [1.54, 1.807) is 12.1 Å². The molecule has 1 aromatic heterocycles. The molecule has 0 fully saturated rings. The number of carbonyl (C=O) groups excluding carboxylic acids is 1. The Labute approximate surface area is 144 Å². The van der Waals surface area contributed by atoms with Gasteiger partial charge < -0.3 is 14.8 Å². The van der Waals surface area contributed by atoms with Crippen LogP contribution in [-0.2, 0) is 6.42 Å². The monoisotopic (exact) mass is 351 g/mol. The normalized spacial score (nSPS) is 13.5. The summed E-state index contributed by atoms with van der Waals surface area (Å²) in [6.07, 6.45) is 1.74. The Morgan fingerprint density at radius 3 is 2.61 bits per heavy atom. The highest BCUT2D eigenvalue weighted by Crippen LogP contribution is 2.38. The quantitative estimate of drug-likeness (QED) is 0.872. The predicted molar refractivity (Wildman–Crippen MR) is 93.4 cm³/mol. The van der Waals surface area contributed by atoms with Gasteiger partial charge in [0.1, 0.15) is 0 Å². The number of halogens is 1. The van der Waals surface area contributed by atoms with Crippen LogP contribution >= 0.6 is 22.9 Å². The van der Waals surface area contributed by atoms with Gasteiger partial charge in [0.25, 0.3) is 5.91 Å². The van der Waals surface area contributed by atoms with Crippen molar-refractivity contribution < 1.29 is 14.3 Å². The molecule has 0 saturated heterocycles. The van der Waals surface area contributed by atoms with Crippen LogP contribution in [0.4, 0.5) is 5.69 Å². The lowest BCUT2D eigenvalue weighted by molar-refractivity contribution is 0.103. The summed E-state index contributed by atoms with van der Waals surface area (Å²) in [4.78, 5) is 14.3. The lowest BCUT2D eigenvalue weighted by Gasteiger charge is -2.12. The van der Waals surface area contributed by atoms with E-state index in [2.05, 4.69) is 12.2 Å². The average Bonchev–Trinajstić information content (AvgIpc) is 2.76. The van der Waals surface area contributed by atoms with Crippen molar-refractivity contribution in [3.05, 3.63) is 38.5 Å². The Kier molecular flexibility index (Phi) is 4.78. The first-order valence-electron chi connectivity index (χ1n) is 7.58. The number of fused-ring (bicyclic) bond motifs is 1. The zero-order valence-electron chi connectivity index (χ0n) is 13.1. The van der Waals surface area contributed by atoms with Gasteiger partial charge >= 0.3 is 0 Å². The third kappa shape index (κ3) is 3.46. The van der Waals surface area contributed by atoms with Crippen LogP contribution in [0.5, 0.6) is 11.5 Å². The molecule has 6 heteroatoms. The lowest BCUT2D eigenvalue weighted by atomic mass is 10.2. The second-order valence-corrected chi connectivity index (χ2v) is 6.99. The zero-order valence-corrected chi connectivity index (χ0v) is 14.6. The molecule has 1 N–H and O–H groups in total. The van der Waals surface area contributed by atoms with Crippen molar-refractivity contribution in [1.82, 2.24) is 0 Å². The second kappa shape index (κ2) is 6.81. The number of nitrogens with one attached hydrogen (secondary N) is 1. The molecule has 0 bridgehead atoms. The molecule has 2 heterocycles. The summed E-state index contributed by atoms with van der Waals surface area (Å²) in [7, 11) is 0. The van der Waals surface area contributed by atoms with Crippen LogP contribution in [-0.4, -0.2) is 19.1 Å². The first-order valence-corrected chi connectivity index (χ1v) is 8.77. The van der Waals surface area contributed by atoms with E-state index in [1.807, 2.05) is 13.0 Å². The van der Waals surface area contributed by atoms with Gasteiger partial charge in [-0.25, -0.2) is 0 Å². The van der Waals surface area contributed by atoms with Gasteiger partial charge in [0.05, 0.1) is 28.8 Å². The highest BCUT2D eigenvalue weighted by atomic mass is 35.5. The molecule has 1 amide bonds. The number of thiophene rings is 1. The second-order valence-electron chi connectivity index (χ2n) is 5.33. The number of amides is 1. The average molecular weight is 352 g/mol. The summed E-state index contributed by atoms with van der Waals surface area (Å²) in [6, 6.07) is 5.35.